The number of alkyl halides is 1. The second-order valence-corrected chi connectivity index (χ2v) is 3.75. The average Bonchev–Trinajstić information content (AvgIpc) is 2.19. The number of halogens is 2. The molecule has 1 N–H and O–H groups in total. The highest BCUT2D eigenvalue weighted by Gasteiger charge is 2.03. The lowest BCUT2D eigenvalue weighted by atomic mass is 10.2. The maximum Gasteiger partial charge on any atom is 0.119 e. The van der Waals surface area contributed by atoms with Crippen molar-refractivity contribution in [2.45, 2.75) is 13.0 Å². The molecule has 78 valence electrons. The highest BCUT2D eigenvalue weighted by atomic mass is 35.5. The van der Waals surface area contributed by atoms with E-state index in [-0.39, 0.29) is 12.5 Å². The maximum absolute atomic E-state index is 9.16. The van der Waals surface area contributed by atoms with Gasteiger partial charge in [0.1, 0.15) is 18.5 Å². The van der Waals surface area contributed by atoms with Crippen LogP contribution in [0.25, 0.3) is 0 Å². The monoisotopic (exact) mass is 234 g/mol. The van der Waals surface area contributed by atoms with Crippen LogP contribution in [0.15, 0.2) is 18.2 Å². The van der Waals surface area contributed by atoms with Crippen LogP contribution in [-0.4, -0.2) is 23.7 Å². The Morgan fingerprint density at radius 2 is 2.21 bits per heavy atom. The second kappa shape index (κ2) is 5.44. The van der Waals surface area contributed by atoms with E-state index in [1.54, 1.807) is 12.1 Å². The molecule has 1 unspecified atom stereocenters. The molecule has 0 aliphatic rings. The van der Waals surface area contributed by atoms with E-state index in [4.69, 9.17) is 33.0 Å². The molecule has 2 nitrogen and oxygen atoms in total. The summed E-state index contributed by atoms with van der Waals surface area (Å²) in [4.78, 5) is 0. The maximum atomic E-state index is 9.16. The molecule has 1 aromatic carbocycles. The fraction of sp³-hybridized carbons (Fsp3) is 0.400. The van der Waals surface area contributed by atoms with Crippen LogP contribution in [0, 0.1) is 6.92 Å². The van der Waals surface area contributed by atoms with Gasteiger partial charge in [0.05, 0.1) is 5.88 Å². The van der Waals surface area contributed by atoms with Crippen molar-refractivity contribution in [1.29, 1.82) is 0 Å². The molecule has 0 radical (unpaired) electrons. The van der Waals surface area contributed by atoms with E-state index in [9.17, 15) is 0 Å². The first-order chi connectivity index (χ1) is 6.63. The number of aliphatic hydroxyl groups is 1. The molecular weight excluding hydrogens is 223 g/mol. The molecule has 0 saturated carbocycles. The Kier molecular flexibility index (Phi) is 4.52. The van der Waals surface area contributed by atoms with Crippen LogP contribution in [0.4, 0.5) is 0 Å². The van der Waals surface area contributed by atoms with Crippen molar-refractivity contribution in [2.75, 3.05) is 12.5 Å². The highest BCUT2D eigenvalue weighted by Crippen LogP contribution is 2.21. The van der Waals surface area contributed by atoms with E-state index < -0.39 is 6.10 Å². The lowest BCUT2D eigenvalue weighted by molar-refractivity contribution is 0.125. The van der Waals surface area contributed by atoms with Crippen molar-refractivity contribution in [1.82, 2.24) is 0 Å². The summed E-state index contributed by atoms with van der Waals surface area (Å²) in [6.45, 7) is 2.09. The van der Waals surface area contributed by atoms with E-state index in [0.717, 1.165) is 5.56 Å². The summed E-state index contributed by atoms with van der Waals surface area (Å²) in [6, 6.07) is 5.35. The zero-order chi connectivity index (χ0) is 10.6. The zero-order valence-corrected chi connectivity index (χ0v) is 9.35. The van der Waals surface area contributed by atoms with Gasteiger partial charge in [0, 0.05) is 5.02 Å². The molecule has 0 amide bonds. The number of rotatable bonds is 4. The minimum absolute atomic E-state index is 0.173. The summed E-state index contributed by atoms with van der Waals surface area (Å²) in [7, 11) is 0. The summed E-state index contributed by atoms with van der Waals surface area (Å²) < 4.78 is 5.30. The molecule has 0 aliphatic carbocycles. The van der Waals surface area contributed by atoms with Crippen LogP contribution in [0.2, 0.25) is 5.02 Å². The molecule has 0 heterocycles. The van der Waals surface area contributed by atoms with Crippen LogP contribution in [-0.2, 0) is 0 Å². The van der Waals surface area contributed by atoms with Crippen LogP contribution >= 0.6 is 23.2 Å². The van der Waals surface area contributed by atoms with Crippen LogP contribution < -0.4 is 4.74 Å². The molecule has 4 heteroatoms. The summed E-state index contributed by atoms with van der Waals surface area (Å²) in [5.74, 6) is 0.864. The Balaban J connectivity index is 2.55. The van der Waals surface area contributed by atoms with Crippen molar-refractivity contribution in [3.05, 3.63) is 28.8 Å². The third-order valence-electron chi connectivity index (χ3n) is 1.75. The molecule has 1 atom stereocenters. The predicted octanol–water partition coefficient (Wildman–Crippen LogP) is 2.63. The predicted molar refractivity (Wildman–Crippen MR) is 58.4 cm³/mol. The Morgan fingerprint density at radius 3 is 2.79 bits per heavy atom. The van der Waals surface area contributed by atoms with Gasteiger partial charge in [-0.2, -0.15) is 0 Å². The Morgan fingerprint density at radius 1 is 1.50 bits per heavy atom. The van der Waals surface area contributed by atoms with Crippen LogP contribution in [0.5, 0.6) is 5.75 Å². The quantitative estimate of drug-likeness (QED) is 0.813. The van der Waals surface area contributed by atoms with Crippen molar-refractivity contribution >= 4 is 23.2 Å². The van der Waals surface area contributed by atoms with Gasteiger partial charge in [0.15, 0.2) is 0 Å². The van der Waals surface area contributed by atoms with E-state index in [1.807, 2.05) is 13.0 Å². The Labute approximate surface area is 93.4 Å². The summed E-state index contributed by atoms with van der Waals surface area (Å²) in [6.07, 6.45) is -0.632. The fourth-order valence-corrected chi connectivity index (χ4v) is 1.15. The molecule has 0 saturated heterocycles. The highest BCUT2D eigenvalue weighted by molar-refractivity contribution is 6.31. The number of aliphatic hydroxyl groups excluding tert-OH is 1. The van der Waals surface area contributed by atoms with Gasteiger partial charge in [0.2, 0.25) is 0 Å². The normalized spacial score (nSPS) is 12.6. The fourth-order valence-electron chi connectivity index (χ4n) is 0.944. The first-order valence-electron chi connectivity index (χ1n) is 4.26. The van der Waals surface area contributed by atoms with Crippen LogP contribution in [0.1, 0.15) is 5.56 Å². The number of benzene rings is 1. The van der Waals surface area contributed by atoms with E-state index in [1.165, 1.54) is 0 Å². The van der Waals surface area contributed by atoms with E-state index >= 15 is 0 Å². The van der Waals surface area contributed by atoms with Crippen molar-refractivity contribution in [3.8, 4) is 5.75 Å². The zero-order valence-electron chi connectivity index (χ0n) is 7.84. The minimum atomic E-state index is -0.632. The first kappa shape index (κ1) is 11.6. The molecule has 0 spiro atoms. The molecule has 1 aromatic rings. The standard InChI is InChI=1S/C10H12Cl2O2/c1-7-4-9(2-3-10(7)12)14-6-8(13)5-11/h2-4,8,13H,5-6H2,1H3. The van der Waals surface area contributed by atoms with Gasteiger partial charge in [-0.1, -0.05) is 11.6 Å². The third-order valence-corrected chi connectivity index (χ3v) is 2.53. The molecule has 0 bridgehead atoms. The minimum Gasteiger partial charge on any atom is -0.491 e. The average molecular weight is 235 g/mol. The van der Waals surface area contributed by atoms with Gasteiger partial charge >= 0.3 is 0 Å². The smallest absolute Gasteiger partial charge is 0.119 e. The van der Waals surface area contributed by atoms with Crippen molar-refractivity contribution in [3.63, 3.8) is 0 Å². The van der Waals surface area contributed by atoms with E-state index in [0.29, 0.717) is 10.8 Å². The first-order valence-corrected chi connectivity index (χ1v) is 5.17. The lowest BCUT2D eigenvalue weighted by Gasteiger charge is -2.10. The summed E-state index contributed by atoms with van der Waals surface area (Å²) in [5.41, 5.74) is 0.949. The summed E-state index contributed by atoms with van der Waals surface area (Å²) in [5, 5.41) is 9.86. The van der Waals surface area contributed by atoms with Crippen LogP contribution in [0.3, 0.4) is 0 Å². The number of hydrogen-bond donors (Lipinski definition) is 1. The number of hydrogen-bond acceptors (Lipinski definition) is 2. The van der Waals surface area contributed by atoms with Gasteiger partial charge in [-0.3, -0.25) is 0 Å². The molecule has 14 heavy (non-hydrogen) atoms. The van der Waals surface area contributed by atoms with Gasteiger partial charge in [0.25, 0.3) is 0 Å². The topological polar surface area (TPSA) is 29.5 Å². The summed E-state index contributed by atoms with van der Waals surface area (Å²) >= 11 is 11.3. The molecule has 0 fully saturated rings. The van der Waals surface area contributed by atoms with Gasteiger partial charge < -0.3 is 9.84 Å². The molecular formula is C10H12Cl2O2. The number of aryl methyl sites for hydroxylation is 1. The van der Waals surface area contributed by atoms with Gasteiger partial charge in [-0.15, -0.1) is 11.6 Å². The van der Waals surface area contributed by atoms with Gasteiger partial charge in [-0.25, -0.2) is 0 Å². The Hall–Kier alpha value is -0.440. The van der Waals surface area contributed by atoms with Crippen molar-refractivity contribution in [2.24, 2.45) is 0 Å². The molecule has 0 aromatic heterocycles. The van der Waals surface area contributed by atoms with Gasteiger partial charge in [-0.05, 0) is 30.7 Å². The lowest BCUT2D eigenvalue weighted by Crippen LogP contribution is -2.18. The van der Waals surface area contributed by atoms with E-state index in [2.05, 4.69) is 0 Å². The number of ether oxygens (including phenoxy) is 1. The molecule has 1 rings (SSSR count). The second-order valence-electron chi connectivity index (χ2n) is 3.03. The van der Waals surface area contributed by atoms with Crippen molar-refractivity contribution < 1.29 is 9.84 Å². The third kappa shape index (κ3) is 3.37. The molecule has 0 aliphatic heterocycles. The largest absolute Gasteiger partial charge is 0.491 e. The SMILES string of the molecule is Cc1cc(OCC(O)CCl)ccc1Cl. The Bertz CT molecular complexity index is 302.